The first-order valence-electron chi connectivity index (χ1n) is 11.3. The highest BCUT2D eigenvalue weighted by molar-refractivity contribution is 8.19. The van der Waals surface area contributed by atoms with Gasteiger partial charge in [-0.1, -0.05) is 18.2 Å². The number of azo groups is 2. The van der Waals surface area contributed by atoms with Crippen molar-refractivity contribution in [3.05, 3.63) is 66.2 Å². The van der Waals surface area contributed by atoms with E-state index in [1.807, 2.05) is 25.1 Å². The predicted octanol–water partition coefficient (Wildman–Crippen LogP) is 8.33. The Kier molecular flexibility index (Phi) is 7.78. The molecule has 0 heterocycles. The van der Waals surface area contributed by atoms with Gasteiger partial charge in [-0.05, 0) is 48.2 Å². The first kappa shape index (κ1) is 26.8. The summed E-state index contributed by atoms with van der Waals surface area (Å²) in [4.78, 5) is -0.373. The predicted molar refractivity (Wildman–Crippen MR) is 148 cm³/mol. The number of aromatic hydroxyl groups is 1. The van der Waals surface area contributed by atoms with Crippen molar-refractivity contribution < 1.29 is 28.2 Å². The van der Waals surface area contributed by atoms with E-state index in [0.29, 0.717) is 27.9 Å². The van der Waals surface area contributed by atoms with E-state index in [0.717, 1.165) is 11.3 Å². The van der Waals surface area contributed by atoms with Crippen LogP contribution in [0.3, 0.4) is 0 Å². The van der Waals surface area contributed by atoms with Crippen LogP contribution in [-0.2, 0) is 0 Å². The number of methoxy groups -OCH3 is 2. The molecule has 0 amide bonds. The average Bonchev–Trinajstić information content (AvgIpc) is 2.90. The Morgan fingerprint density at radius 3 is 1.95 bits per heavy atom. The molecule has 5 N–H and O–H groups in total. The van der Waals surface area contributed by atoms with E-state index in [4.69, 9.17) is 9.47 Å². The Balaban J connectivity index is 1.82. The number of fused-ring (bicyclic) bond motifs is 1. The zero-order valence-corrected chi connectivity index (χ0v) is 21.9. The van der Waals surface area contributed by atoms with Gasteiger partial charge in [0.05, 0.1) is 24.8 Å². The Morgan fingerprint density at radius 1 is 0.789 bits per heavy atom. The van der Waals surface area contributed by atoms with Crippen LogP contribution < -0.4 is 14.8 Å². The summed E-state index contributed by atoms with van der Waals surface area (Å²) < 4.78 is 41.2. The minimum atomic E-state index is -4.26. The molecule has 4 rings (SSSR count). The van der Waals surface area contributed by atoms with Crippen LogP contribution in [0.15, 0.2) is 86.0 Å². The van der Waals surface area contributed by atoms with Crippen LogP contribution >= 0.6 is 10.9 Å². The van der Waals surface area contributed by atoms with Crippen molar-refractivity contribution in [3.63, 3.8) is 0 Å². The Labute approximate surface area is 220 Å². The summed E-state index contributed by atoms with van der Waals surface area (Å²) >= 11 is 0. The Hall–Kier alpha value is -4.23. The van der Waals surface area contributed by atoms with Crippen molar-refractivity contribution in [1.82, 2.24) is 0 Å². The number of nitrogens with zero attached hydrogens (tertiary/aromatic N) is 4. The van der Waals surface area contributed by atoms with Crippen molar-refractivity contribution in [2.24, 2.45) is 20.5 Å². The Bertz CT molecular complexity index is 1540. The fraction of sp³-hybridized carbons (Fsp3) is 0.154. The van der Waals surface area contributed by atoms with Crippen LogP contribution in [-0.4, -0.2) is 40.0 Å². The van der Waals surface area contributed by atoms with Crippen LogP contribution in [0.25, 0.3) is 10.8 Å². The second kappa shape index (κ2) is 11.0. The summed E-state index contributed by atoms with van der Waals surface area (Å²) in [7, 11) is 0.374. The van der Waals surface area contributed by atoms with Gasteiger partial charge >= 0.3 is 0 Å². The van der Waals surface area contributed by atoms with Gasteiger partial charge in [-0.2, -0.15) is 5.11 Å². The molecular formula is C26H27N5O6S. The lowest BCUT2D eigenvalue weighted by molar-refractivity contribution is 0.375. The zero-order chi connectivity index (χ0) is 27.4. The molecule has 0 aliphatic rings. The fourth-order valence-corrected chi connectivity index (χ4v) is 4.50. The molecule has 0 aromatic heterocycles. The highest BCUT2D eigenvalue weighted by Gasteiger charge is 2.26. The second-order valence-electron chi connectivity index (χ2n) is 8.16. The number of nitrogens with one attached hydrogen (secondary N) is 1. The number of anilines is 1. The maximum Gasteiger partial charge on any atom is 0.152 e. The third kappa shape index (κ3) is 5.53. The molecule has 0 bridgehead atoms. The maximum absolute atomic E-state index is 11.0. The molecule has 198 valence electrons. The molecule has 0 saturated heterocycles. The number of benzene rings is 4. The smallest absolute Gasteiger partial charge is 0.152 e. The van der Waals surface area contributed by atoms with Gasteiger partial charge in [-0.3, -0.25) is 0 Å². The van der Waals surface area contributed by atoms with Gasteiger partial charge in [-0.15, -0.1) is 15.3 Å². The van der Waals surface area contributed by atoms with E-state index in [-0.39, 0.29) is 27.8 Å². The minimum absolute atomic E-state index is 0.197. The van der Waals surface area contributed by atoms with Crippen LogP contribution in [0.2, 0.25) is 0 Å². The highest BCUT2D eigenvalue weighted by Crippen LogP contribution is 2.55. The maximum atomic E-state index is 11.0. The molecule has 38 heavy (non-hydrogen) atoms. The highest BCUT2D eigenvalue weighted by atomic mass is 32.3. The van der Waals surface area contributed by atoms with Crippen LogP contribution in [0.4, 0.5) is 28.4 Å². The molecule has 0 unspecified atom stereocenters. The van der Waals surface area contributed by atoms with E-state index >= 15 is 0 Å². The summed E-state index contributed by atoms with van der Waals surface area (Å²) in [6, 6.07) is 17.0. The standard InChI is InChI=1S/C26H27N5O6S/c1-15-10-16-11-24(38(33,34)35)25(26(32)18(16)12-19(15)27-2)31-30-21-14-22(36-3)20(13-23(21)37-4)29-28-17-8-6-5-7-9-17/h5-14,27,32-35H,1-4H3. The van der Waals surface area contributed by atoms with Gasteiger partial charge in [0.1, 0.15) is 39.4 Å². The summed E-state index contributed by atoms with van der Waals surface area (Å²) in [6.07, 6.45) is 0. The molecule has 0 atom stereocenters. The van der Waals surface area contributed by atoms with Gasteiger partial charge in [0.15, 0.2) is 5.75 Å². The first-order chi connectivity index (χ1) is 18.2. The molecule has 0 radical (unpaired) electrons. The minimum Gasteiger partial charge on any atom is -0.505 e. The topological polar surface area (TPSA) is 161 Å². The van der Waals surface area contributed by atoms with Gasteiger partial charge in [-0.25, -0.2) is 0 Å². The van der Waals surface area contributed by atoms with E-state index < -0.39 is 10.9 Å². The number of hydrogen-bond acceptors (Lipinski definition) is 11. The first-order valence-corrected chi connectivity index (χ1v) is 12.8. The molecule has 0 spiro atoms. The van der Waals surface area contributed by atoms with Crippen molar-refractivity contribution in [3.8, 4) is 17.2 Å². The van der Waals surface area contributed by atoms with E-state index in [2.05, 4.69) is 25.8 Å². The third-order valence-corrected chi connectivity index (χ3v) is 6.63. The van der Waals surface area contributed by atoms with Crippen molar-refractivity contribution >= 4 is 50.1 Å². The number of phenols is 1. The van der Waals surface area contributed by atoms with Gasteiger partial charge in [0, 0.05) is 30.3 Å². The van der Waals surface area contributed by atoms with Gasteiger partial charge in [0.25, 0.3) is 0 Å². The van der Waals surface area contributed by atoms with E-state index in [9.17, 15) is 18.8 Å². The summed E-state index contributed by atoms with van der Waals surface area (Å²) in [5.41, 5.74) is 2.53. The fourth-order valence-electron chi connectivity index (χ4n) is 3.82. The lowest BCUT2D eigenvalue weighted by Gasteiger charge is -2.22. The number of hydrogen-bond donors (Lipinski definition) is 5. The van der Waals surface area contributed by atoms with Crippen molar-refractivity contribution in [2.75, 3.05) is 26.6 Å². The average molecular weight is 538 g/mol. The molecule has 4 aromatic carbocycles. The lowest BCUT2D eigenvalue weighted by atomic mass is 10.0. The molecule has 0 fully saturated rings. The molecule has 12 heteroatoms. The summed E-state index contributed by atoms with van der Waals surface area (Å²) in [5, 5.41) is 31.6. The SMILES string of the molecule is CNc1cc2c(O)c(N=Nc3cc(OC)c(N=Nc4ccccc4)cc3OC)c(S(O)(O)O)cc2cc1C. The van der Waals surface area contributed by atoms with E-state index in [1.165, 1.54) is 26.4 Å². The molecule has 0 aliphatic heterocycles. The number of aryl methyl sites for hydroxylation is 1. The third-order valence-electron chi connectivity index (χ3n) is 5.73. The molecular weight excluding hydrogens is 510 g/mol. The zero-order valence-electron chi connectivity index (χ0n) is 21.1. The molecule has 4 aromatic rings. The second-order valence-corrected chi connectivity index (χ2v) is 9.64. The van der Waals surface area contributed by atoms with Crippen LogP contribution in [0.1, 0.15) is 5.56 Å². The van der Waals surface area contributed by atoms with E-state index in [1.54, 1.807) is 37.4 Å². The number of rotatable bonds is 8. The van der Waals surface area contributed by atoms with Crippen LogP contribution in [0.5, 0.6) is 17.2 Å². The lowest BCUT2D eigenvalue weighted by Crippen LogP contribution is -1.98. The summed E-state index contributed by atoms with van der Waals surface area (Å²) in [5.74, 6) is 0.205. The number of ether oxygens (including phenoxy) is 2. The molecule has 0 aliphatic carbocycles. The van der Waals surface area contributed by atoms with Gasteiger partial charge in [0.2, 0.25) is 0 Å². The Morgan fingerprint density at radius 2 is 1.39 bits per heavy atom. The van der Waals surface area contributed by atoms with Crippen molar-refractivity contribution in [1.29, 1.82) is 0 Å². The van der Waals surface area contributed by atoms with Gasteiger partial charge < -0.3 is 33.6 Å². The largest absolute Gasteiger partial charge is 0.505 e. The normalized spacial score (nSPS) is 12.4. The molecule has 0 saturated carbocycles. The monoisotopic (exact) mass is 537 g/mol. The van der Waals surface area contributed by atoms with Crippen molar-refractivity contribution in [2.45, 2.75) is 11.8 Å². The number of phenolic OH excluding ortho intramolecular Hbond substituents is 1. The summed E-state index contributed by atoms with van der Waals surface area (Å²) in [6.45, 7) is 1.86. The molecule has 11 nitrogen and oxygen atoms in total. The van der Waals surface area contributed by atoms with Crippen LogP contribution in [0, 0.1) is 6.92 Å². The quantitative estimate of drug-likeness (QED) is 0.141.